The zero-order valence-electron chi connectivity index (χ0n) is 18.1. The molecule has 0 spiro atoms. The number of rotatable bonds is 7. The second-order valence-electron chi connectivity index (χ2n) is 7.74. The predicted octanol–water partition coefficient (Wildman–Crippen LogP) is 3.06. The highest BCUT2D eigenvalue weighted by atomic mass is 32.2. The van der Waals surface area contributed by atoms with Crippen molar-refractivity contribution in [1.29, 1.82) is 0 Å². The molecule has 2 heterocycles. The van der Waals surface area contributed by atoms with Gasteiger partial charge in [-0.15, -0.1) is 0 Å². The number of aryl methyl sites for hydroxylation is 2. The van der Waals surface area contributed by atoms with Crippen LogP contribution in [0.15, 0.2) is 41.3 Å². The molecule has 1 amide bonds. The molecule has 0 bridgehead atoms. The number of hydrogen-bond acceptors (Lipinski definition) is 7. The summed E-state index contributed by atoms with van der Waals surface area (Å²) in [6, 6.07) is 10.9. The van der Waals surface area contributed by atoms with E-state index in [2.05, 4.69) is 19.9 Å². The maximum absolute atomic E-state index is 12.6. The average molecular weight is 475 g/mol. The van der Waals surface area contributed by atoms with Gasteiger partial charge in [0.1, 0.15) is 0 Å². The Morgan fingerprint density at radius 1 is 1.16 bits per heavy atom. The molecule has 8 nitrogen and oxygen atoms in total. The van der Waals surface area contributed by atoms with E-state index in [0.29, 0.717) is 24.5 Å². The molecule has 1 saturated heterocycles. The lowest BCUT2D eigenvalue weighted by molar-refractivity contribution is -0.116. The molecule has 1 fully saturated rings. The quantitative estimate of drug-likeness (QED) is 0.546. The maximum Gasteiger partial charge on any atom is 0.240 e. The summed E-state index contributed by atoms with van der Waals surface area (Å²) in [6.45, 7) is 6.65. The Morgan fingerprint density at radius 2 is 1.94 bits per heavy atom. The van der Waals surface area contributed by atoms with Gasteiger partial charge in [-0.1, -0.05) is 23.5 Å². The number of aromatic nitrogens is 1. The van der Waals surface area contributed by atoms with Crippen LogP contribution in [0.4, 0.5) is 10.8 Å². The number of nitrogens with zero attached hydrogens (tertiary/aromatic N) is 2. The first-order valence-corrected chi connectivity index (χ1v) is 12.7. The van der Waals surface area contributed by atoms with Gasteiger partial charge in [0.2, 0.25) is 15.9 Å². The van der Waals surface area contributed by atoms with Crippen LogP contribution in [-0.2, 0) is 19.6 Å². The predicted molar refractivity (Wildman–Crippen MR) is 127 cm³/mol. The van der Waals surface area contributed by atoms with Crippen molar-refractivity contribution in [2.24, 2.45) is 0 Å². The molecule has 0 unspecified atom stereocenters. The van der Waals surface area contributed by atoms with E-state index in [1.807, 2.05) is 31.2 Å². The normalized spacial score (nSPS) is 14.6. The van der Waals surface area contributed by atoms with E-state index in [1.54, 1.807) is 30.4 Å². The summed E-state index contributed by atoms with van der Waals surface area (Å²) in [6.07, 6.45) is 0.0316. The SMILES string of the molecule is Cc1ccc(C)c(S(=O)(=O)NCCC(=O)Nc2ccc3nc(N4CCOCC4)sc3c2)c1. The van der Waals surface area contributed by atoms with Crippen molar-refractivity contribution < 1.29 is 17.9 Å². The van der Waals surface area contributed by atoms with Crippen LogP contribution in [0, 0.1) is 13.8 Å². The van der Waals surface area contributed by atoms with Crippen LogP contribution in [0.3, 0.4) is 0 Å². The fourth-order valence-electron chi connectivity index (χ4n) is 3.48. The molecule has 4 rings (SSSR count). The summed E-state index contributed by atoms with van der Waals surface area (Å²) in [5.74, 6) is -0.258. The summed E-state index contributed by atoms with van der Waals surface area (Å²) in [7, 11) is -3.67. The molecule has 1 aliphatic rings. The zero-order chi connectivity index (χ0) is 22.7. The van der Waals surface area contributed by atoms with Gasteiger partial charge in [-0.2, -0.15) is 0 Å². The number of nitrogens with one attached hydrogen (secondary N) is 2. The first kappa shape index (κ1) is 22.7. The highest BCUT2D eigenvalue weighted by Gasteiger charge is 2.18. The van der Waals surface area contributed by atoms with Crippen LogP contribution in [0.2, 0.25) is 0 Å². The standard InChI is InChI=1S/C22H26N4O4S2/c1-15-3-4-16(2)20(13-15)32(28,29)23-8-7-21(27)24-17-5-6-18-19(14-17)31-22(25-18)26-9-11-30-12-10-26/h3-6,13-14,23H,7-12H2,1-2H3,(H,24,27). The average Bonchev–Trinajstić information content (AvgIpc) is 3.19. The Labute approximate surface area is 191 Å². The first-order valence-electron chi connectivity index (χ1n) is 10.4. The number of amides is 1. The Balaban J connectivity index is 1.35. The van der Waals surface area contributed by atoms with Gasteiger partial charge in [0, 0.05) is 31.7 Å². The molecule has 32 heavy (non-hydrogen) atoms. The molecule has 0 atom stereocenters. The number of carbonyl (C=O) groups excluding carboxylic acids is 1. The summed E-state index contributed by atoms with van der Waals surface area (Å²) in [4.78, 5) is 19.5. The fourth-order valence-corrected chi connectivity index (χ4v) is 5.89. The van der Waals surface area contributed by atoms with Crippen molar-refractivity contribution in [2.45, 2.75) is 25.2 Å². The lowest BCUT2D eigenvalue weighted by Crippen LogP contribution is -2.36. The molecule has 1 aromatic heterocycles. The number of hydrogen-bond donors (Lipinski definition) is 2. The van der Waals surface area contributed by atoms with Crippen molar-refractivity contribution >= 4 is 48.3 Å². The van der Waals surface area contributed by atoms with Crippen LogP contribution >= 0.6 is 11.3 Å². The second-order valence-corrected chi connectivity index (χ2v) is 10.5. The van der Waals surface area contributed by atoms with Crippen LogP contribution in [0.1, 0.15) is 17.5 Å². The summed E-state index contributed by atoms with van der Waals surface area (Å²) < 4.78 is 34.0. The van der Waals surface area contributed by atoms with Crippen molar-refractivity contribution in [1.82, 2.24) is 9.71 Å². The number of thiazole rings is 1. The van der Waals surface area contributed by atoms with E-state index in [0.717, 1.165) is 34.0 Å². The number of sulfonamides is 1. The molecule has 0 radical (unpaired) electrons. The van der Waals surface area contributed by atoms with Gasteiger partial charge < -0.3 is 15.0 Å². The molecule has 2 N–H and O–H groups in total. The van der Waals surface area contributed by atoms with Gasteiger partial charge in [0.25, 0.3) is 0 Å². The molecule has 3 aromatic rings. The molecule has 10 heteroatoms. The summed E-state index contributed by atoms with van der Waals surface area (Å²) in [5, 5.41) is 3.79. The topological polar surface area (TPSA) is 101 Å². The molecular formula is C22H26N4O4S2. The van der Waals surface area contributed by atoms with Gasteiger partial charge in [-0.3, -0.25) is 4.79 Å². The third-order valence-electron chi connectivity index (χ3n) is 5.22. The van der Waals surface area contributed by atoms with E-state index in [-0.39, 0.29) is 23.8 Å². The lowest BCUT2D eigenvalue weighted by Gasteiger charge is -2.25. The van der Waals surface area contributed by atoms with E-state index in [1.165, 1.54) is 0 Å². The third-order valence-corrected chi connectivity index (χ3v) is 7.90. The number of fused-ring (bicyclic) bond motifs is 1. The van der Waals surface area contributed by atoms with E-state index in [9.17, 15) is 13.2 Å². The third kappa shape index (κ3) is 5.26. The first-order chi connectivity index (χ1) is 15.3. The second kappa shape index (κ2) is 9.53. The van der Waals surface area contributed by atoms with E-state index in [4.69, 9.17) is 4.74 Å². The number of carbonyl (C=O) groups is 1. The van der Waals surface area contributed by atoms with E-state index < -0.39 is 10.0 Å². The smallest absolute Gasteiger partial charge is 0.240 e. The molecule has 170 valence electrons. The van der Waals surface area contributed by atoms with Crippen LogP contribution < -0.4 is 14.9 Å². The minimum atomic E-state index is -3.67. The molecular weight excluding hydrogens is 448 g/mol. The van der Waals surface area contributed by atoms with Crippen molar-refractivity contribution in [3.05, 3.63) is 47.5 Å². The van der Waals surface area contributed by atoms with Gasteiger partial charge >= 0.3 is 0 Å². The minimum absolute atomic E-state index is 0.0194. The monoisotopic (exact) mass is 474 g/mol. The molecule has 0 saturated carbocycles. The highest BCUT2D eigenvalue weighted by Crippen LogP contribution is 2.31. The zero-order valence-corrected chi connectivity index (χ0v) is 19.7. The number of morpholine rings is 1. The van der Waals surface area contributed by atoms with Gasteiger partial charge in [-0.05, 0) is 49.2 Å². The minimum Gasteiger partial charge on any atom is -0.378 e. The molecule has 0 aliphatic carbocycles. The van der Waals surface area contributed by atoms with Crippen molar-refractivity contribution in [3.8, 4) is 0 Å². The number of anilines is 2. The van der Waals surface area contributed by atoms with E-state index >= 15 is 0 Å². The Bertz CT molecular complexity index is 1230. The molecule has 1 aliphatic heterocycles. The number of ether oxygens (including phenoxy) is 1. The maximum atomic E-state index is 12.6. The molecule has 2 aromatic carbocycles. The largest absolute Gasteiger partial charge is 0.378 e. The Hall–Kier alpha value is -2.53. The lowest BCUT2D eigenvalue weighted by atomic mass is 10.2. The fraction of sp³-hybridized carbons (Fsp3) is 0.364. The Morgan fingerprint density at radius 3 is 2.72 bits per heavy atom. The summed E-state index contributed by atoms with van der Waals surface area (Å²) >= 11 is 1.58. The van der Waals surface area contributed by atoms with Crippen LogP contribution in [-0.4, -0.2) is 52.2 Å². The Kier molecular flexibility index (Phi) is 6.75. The van der Waals surface area contributed by atoms with Crippen molar-refractivity contribution in [3.63, 3.8) is 0 Å². The van der Waals surface area contributed by atoms with Crippen LogP contribution in [0.5, 0.6) is 0 Å². The van der Waals surface area contributed by atoms with Gasteiger partial charge in [0.05, 0.1) is 28.3 Å². The van der Waals surface area contributed by atoms with Crippen LogP contribution in [0.25, 0.3) is 10.2 Å². The number of benzene rings is 2. The van der Waals surface area contributed by atoms with Gasteiger partial charge in [0.15, 0.2) is 5.13 Å². The summed E-state index contributed by atoms with van der Waals surface area (Å²) in [5.41, 5.74) is 3.08. The highest BCUT2D eigenvalue weighted by molar-refractivity contribution is 7.89. The van der Waals surface area contributed by atoms with Crippen molar-refractivity contribution in [2.75, 3.05) is 43.1 Å². The van der Waals surface area contributed by atoms with Gasteiger partial charge in [-0.25, -0.2) is 18.1 Å².